The summed E-state index contributed by atoms with van der Waals surface area (Å²) in [6.45, 7) is 1.34. The van der Waals surface area contributed by atoms with E-state index in [0.29, 0.717) is 13.1 Å². The number of amides is 1. The molecule has 0 unspecified atom stereocenters. The average Bonchev–Trinajstić information content (AvgIpc) is 3.23. The summed E-state index contributed by atoms with van der Waals surface area (Å²) < 4.78 is 26.0. The van der Waals surface area contributed by atoms with Crippen LogP contribution in [-0.4, -0.2) is 44.0 Å². The molecule has 2 aromatic rings. The number of rotatable bonds is 8. The largest absolute Gasteiger partial charge is 0.355 e. The van der Waals surface area contributed by atoms with Crippen LogP contribution in [-0.2, 0) is 14.8 Å². The first kappa shape index (κ1) is 19.6. The van der Waals surface area contributed by atoms with Crippen LogP contribution in [0.4, 0.5) is 0 Å². The minimum absolute atomic E-state index is 0.0416. The highest BCUT2D eigenvalue weighted by Gasteiger charge is 2.25. The highest BCUT2D eigenvalue weighted by atomic mass is 32.2. The number of hydrogen-bond donors (Lipinski definition) is 1. The smallest absolute Gasteiger partial charge is 0.220 e. The second kappa shape index (κ2) is 9.15. The Hall–Kier alpha value is -2.18. The van der Waals surface area contributed by atoms with Crippen LogP contribution in [0.5, 0.6) is 0 Å². The van der Waals surface area contributed by atoms with Gasteiger partial charge in [0.2, 0.25) is 15.9 Å². The summed E-state index contributed by atoms with van der Waals surface area (Å²) in [5.74, 6) is -0.230. The van der Waals surface area contributed by atoms with Crippen molar-refractivity contribution >= 4 is 15.9 Å². The second-order valence-electron chi connectivity index (χ2n) is 6.85. The predicted octanol–water partition coefficient (Wildman–Crippen LogP) is 2.75. The minimum Gasteiger partial charge on any atom is -0.355 e. The van der Waals surface area contributed by atoms with E-state index in [0.717, 1.165) is 24.0 Å². The Balaban J connectivity index is 1.60. The monoisotopic (exact) mass is 386 g/mol. The first-order valence-corrected chi connectivity index (χ1v) is 11.0. The molecule has 3 rings (SSSR count). The van der Waals surface area contributed by atoms with Crippen molar-refractivity contribution in [2.75, 3.05) is 25.4 Å². The van der Waals surface area contributed by atoms with E-state index in [9.17, 15) is 13.2 Å². The molecule has 2 aromatic carbocycles. The van der Waals surface area contributed by atoms with Gasteiger partial charge in [0.25, 0.3) is 0 Å². The summed E-state index contributed by atoms with van der Waals surface area (Å²) in [5.41, 5.74) is 2.15. The van der Waals surface area contributed by atoms with Gasteiger partial charge in [0.05, 0.1) is 5.75 Å². The molecule has 0 saturated carbocycles. The van der Waals surface area contributed by atoms with E-state index in [4.69, 9.17) is 0 Å². The van der Waals surface area contributed by atoms with Gasteiger partial charge in [-0.05, 0) is 24.0 Å². The number of carbonyl (C=O) groups excluding carboxylic acids is 1. The third-order valence-electron chi connectivity index (χ3n) is 4.93. The summed E-state index contributed by atoms with van der Waals surface area (Å²) in [6.07, 6.45) is 2.13. The summed E-state index contributed by atoms with van der Waals surface area (Å²) in [5, 5.41) is 2.79. The van der Waals surface area contributed by atoms with Crippen LogP contribution in [0.15, 0.2) is 60.7 Å². The maximum absolute atomic E-state index is 12.5. The van der Waals surface area contributed by atoms with Gasteiger partial charge in [-0.2, -0.15) is 0 Å². The highest BCUT2D eigenvalue weighted by molar-refractivity contribution is 7.89. The first-order valence-electron chi connectivity index (χ1n) is 9.41. The topological polar surface area (TPSA) is 66.5 Å². The first-order chi connectivity index (χ1) is 13.1. The van der Waals surface area contributed by atoms with Gasteiger partial charge in [-0.1, -0.05) is 60.7 Å². The molecule has 1 amide bonds. The van der Waals surface area contributed by atoms with Crippen LogP contribution in [0.2, 0.25) is 0 Å². The lowest BCUT2D eigenvalue weighted by Crippen LogP contribution is -2.36. The number of nitrogens with zero attached hydrogens (tertiary/aromatic N) is 1. The lowest BCUT2D eigenvalue weighted by Gasteiger charge is -2.19. The molecule has 1 N–H and O–H groups in total. The Bertz CT molecular complexity index is 793. The zero-order chi connectivity index (χ0) is 19.1. The zero-order valence-electron chi connectivity index (χ0n) is 15.4. The molecule has 0 atom stereocenters. The normalized spacial score (nSPS) is 15.1. The van der Waals surface area contributed by atoms with E-state index < -0.39 is 10.0 Å². The molecule has 1 aliphatic rings. The SMILES string of the molecule is O=C(CC(c1ccccc1)c1ccccc1)NCCS(=O)(=O)N1CCCC1. The van der Waals surface area contributed by atoms with E-state index in [1.807, 2.05) is 60.7 Å². The number of hydrogen-bond acceptors (Lipinski definition) is 3. The predicted molar refractivity (Wildman–Crippen MR) is 107 cm³/mol. The molecule has 27 heavy (non-hydrogen) atoms. The van der Waals surface area contributed by atoms with E-state index in [2.05, 4.69) is 5.32 Å². The van der Waals surface area contributed by atoms with E-state index in [1.54, 1.807) is 0 Å². The van der Waals surface area contributed by atoms with E-state index in [1.165, 1.54) is 4.31 Å². The van der Waals surface area contributed by atoms with Gasteiger partial charge in [-0.25, -0.2) is 12.7 Å². The summed E-state index contributed by atoms with van der Waals surface area (Å²) >= 11 is 0. The lowest BCUT2D eigenvalue weighted by molar-refractivity contribution is -0.121. The van der Waals surface area contributed by atoms with Crippen LogP contribution >= 0.6 is 0 Å². The van der Waals surface area contributed by atoms with Crippen molar-refractivity contribution in [3.63, 3.8) is 0 Å². The fourth-order valence-corrected chi connectivity index (χ4v) is 4.90. The van der Waals surface area contributed by atoms with Gasteiger partial charge in [0.15, 0.2) is 0 Å². The third kappa shape index (κ3) is 5.40. The van der Waals surface area contributed by atoms with Crippen molar-refractivity contribution in [2.45, 2.75) is 25.2 Å². The number of nitrogens with one attached hydrogen (secondary N) is 1. The zero-order valence-corrected chi connectivity index (χ0v) is 16.2. The molecule has 5 nitrogen and oxygen atoms in total. The molecule has 0 spiro atoms. The fourth-order valence-electron chi connectivity index (χ4n) is 3.47. The molecule has 0 radical (unpaired) electrons. The standard InChI is InChI=1S/C21H26N2O3S/c24-21(22-13-16-27(25,26)23-14-7-8-15-23)17-20(18-9-3-1-4-10-18)19-11-5-2-6-12-19/h1-6,9-12,20H,7-8,13-17H2,(H,22,24). The highest BCUT2D eigenvalue weighted by Crippen LogP contribution is 2.27. The van der Waals surface area contributed by atoms with Gasteiger partial charge < -0.3 is 5.32 Å². The van der Waals surface area contributed by atoms with Crippen molar-refractivity contribution in [2.24, 2.45) is 0 Å². The van der Waals surface area contributed by atoms with Crippen molar-refractivity contribution in [3.05, 3.63) is 71.8 Å². The molecule has 1 aliphatic heterocycles. The third-order valence-corrected chi connectivity index (χ3v) is 6.81. The number of sulfonamides is 1. The molecular weight excluding hydrogens is 360 g/mol. The van der Waals surface area contributed by atoms with Crippen molar-refractivity contribution in [1.29, 1.82) is 0 Å². The summed E-state index contributed by atoms with van der Waals surface area (Å²) in [4.78, 5) is 12.5. The van der Waals surface area contributed by atoms with Crippen LogP contribution in [0.1, 0.15) is 36.3 Å². The molecule has 0 aliphatic carbocycles. The molecule has 0 aromatic heterocycles. The Labute approximate surface area is 161 Å². The molecule has 144 valence electrons. The Morgan fingerprint density at radius 2 is 1.44 bits per heavy atom. The van der Waals surface area contributed by atoms with Gasteiger partial charge in [-0.3, -0.25) is 4.79 Å². The van der Waals surface area contributed by atoms with Crippen LogP contribution < -0.4 is 5.32 Å². The molecule has 0 bridgehead atoms. The molecule has 1 saturated heterocycles. The van der Waals surface area contributed by atoms with Gasteiger partial charge in [0, 0.05) is 32.0 Å². The molecule has 1 fully saturated rings. The van der Waals surface area contributed by atoms with Crippen LogP contribution in [0.25, 0.3) is 0 Å². The lowest BCUT2D eigenvalue weighted by atomic mass is 9.88. The number of benzene rings is 2. The van der Waals surface area contributed by atoms with Gasteiger partial charge in [0.1, 0.15) is 0 Å². The van der Waals surface area contributed by atoms with Crippen molar-refractivity contribution in [1.82, 2.24) is 9.62 Å². The Morgan fingerprint density at radius 3 is 1.96 bits per heavy atom. The van der Waals surface area contributed by atoms with Gasteiger partial charge in [-0.15, -0.1) is 0 Å². The fraction of sp³-hybridized carbons (Fsp3) is 0.381. The van der Waals surface area contributed by atoms with Crippen molar-refractivity contribution < 1.29 is 13.2 Å². The van der Waals surface area contributed by atoms with Crippen molar-refractivity contribution in [3.8, 4) is 0 Å². The van der Waals surface area contributed by atoms with E-state index >= 15 is 0 Å². The Morgan fingerprint density at radius 1 is 0.926 bits per heavy atom. The average molecular weight is 387 g/mol. The van der Waals surface area contributed by atoms with Gasteiger partial charge >= 0.3 is 0 Å². The Kier molecular flexibility index (Phi) is 6.63. The molecular formula is C21H26N2O3S. The maximum atomic E-state index is 12.5. The molecule has 1 heterocycles. The van der Waals surface area contributed by atoms with Crippen LogP contribution in [0.3, 0.4) is 0 Å². The van der Waals surface area contributed by atoms with Crippen LogP contribution in [0, 0.1) is 0 Å². The maximum Gasteiger partial charge on any atom is 0.220 e. The summed E-state index contributed by atoms with van der Waals surface area (Å²) in [7, 11) is -3.27. The minimum atomic E-state index is -3.27. The molecule has 6 heteroatoms. The second-order valence-corrected chi connectivity index (χ2v) is 8.94. The summed E-state index contributed by atoms with van der Waals surface area (Å²) in [6, 6.07) is 19.8. The van der Waals surface area contributed by atoms with E-state index in [-0.39, 0.29) is 30.5 Å². The number of carbonyl (C=O) groups is 1. The quantitative estimate of drug-likeness (QED) is 0.759.